The van der Waals surface area contributed by atoms with E-state index in [1.54, 1.807) is 0 Å². The zero-order valence-electron chi connectivity index (χ0n) is 12.3. The summed E-state index contributed by atoms with van der Waals surface area (Å²) in [6, 6.07) is 1.75. The first kappa shape index (κ1) is 12.9. The van der Waals surface area contributed by atoms with Crippen LogP contribution in [0.1, 0.15) is 58.8 Å². The van der Waals surface area contributed by atoms with Crippen molar-refractivity contribution in [3.8, 4) is 0 Å². The van der Waals surface area contributed by atoms with E-state index in [1.165, 1.54) is 64.6 Å². The van der Waals surface area contributed by atoms with Gasteiger partial charge in [-0.1, -0.05) is 13.8 Å². The van der Waals surface area contributed by atoms with Crippen LogP contribution in [0.3, 0.4) is 0 Å². The summed E-state index contributed by atoms with van der Waals surface area (Å²) in [5, 5.41) is 3.71. The van der Waals surface area contributed by atoms with E-state index in [0.29, 0.717) is 5.41 Å². The van der Waals surface area contributed by atoms with Crippen molar-refractivity contribution < 1.29 is 0 Å². The van der Waals surface area contributed by atoms with Crippen LogP contribution in [0.15, 0.2) is 0 Å². The number of piperidine rings is 1. The summed E-state index contributed by atoms with van der Waals surface area (Å²) < 4.78 is 0. The summed E-state index contributed by atoms with van der Waals surface area (Å²) in [4.78, 5) is 2.81. The molecule has 2 aliphatic heterocycles. The molecular weight excluding hydrogens is 220 g/mol. The van der Waals surface area contributed by atoms with E-state index in [-0.39, 0.29) is 0 Å². The summed E-state index contributed by atoms with van der Waals surface area (Å²) in [5.41, 5.74) is 0.606. The Kier molecular flexibility index (Phi) is 3.68. The Morgan fingerprint density at radius 2 is 1.83 bits per heavy atom. The van der Waals surface area contributed by atoms with Crippen molar-refractivity contribution in [3.63, 3.8) is 0 Å². The molecule has 18 heavy (non-hydrogen) atoms. The molecule has 0 aromatic rings. The monoisotopic (exact) mass is 250 g/mol. The van der Waals surface area contributed by atoms with Gasteiger partial charge < -0.3 is 10.2 Å². The number of nitrogens with zero attached hydrogens (tertiary/aromatic N) is 1. The Labute approximate surface area is 113 Å². The van der Waals surface area contributed by atoms with Crippen molar-refractivity contribution in [1.29, 1.82) is 0 Å². The maximum Gasteiger partial charge on any atom is 0.0100 e. The molecule has 1 saturated carbocycles. The molecule has 0 amide bonds. The van der Waals surface area contributed by atoms with Gasteiger partial charge in [-0.2, -0.15) is 0 Å². The quantitative estimate of drug-likeness (QED) is 0.810. The van der Waals surface area contributed by atoms with Gasteiger partial charge in [0.15, 0.2) is 0 Å². The topological polar surface area (TPSA) is 15.3 Å². The third kappa shape index (κ3) is 2.75. The first-order valence-electron chi connectivity index (χ1n) is 8.11. The molecule has 104 valence electrons. The number of likely N-dealkylation sites (tertiary alicyclic amines) is 1. The van der Waals surface area contributed by atoms with E-state index in [2.05, 4.69) is 24.1 Å². The number of nitrogens with one attached hydrogen (secondary N) is 1. The van der Waals surface area contributed by atoms with E-state index >= 15 is 0 Å². The first-order chi connectivity index (χ1) is 8.64. The lowest BCUT2D eigenvalue weighted by Gasteiger charge is -2.38. The Balaban J connectivity index is 1.48. The molecule has 0 bridgehead atoms. The lowest BCUT2D eigenvalue weighted by Crippen LogP contribution is -2.44. The minimum absolute atomic E-state index is 0.606. The molecule has 1 aliphatic carbocycles. The second-order valence-corrected chi connectivity index (χ2v) is 7.64. The van der Waals surface area contributed by atoms with Crippen LogP contribution in [-0.4, -0.2) is 36.6 Å². The molecule has 2 heteroatoms. The standard InChI is InChI=1S/C16H30N2/c1-16(2)8-5-14(12-16)18-10-6-13(7-11-18)15-4-3-9-17-15/h13-15,17H,3-12H2,1-2H3. The minimum Gasteiger partial charge on any atom is -0.314 e. The molecule has 3 aliphatic rings. The Morgan fingerprint density at radius 3 is 2.39 bits per heavy atom. The summed E-state index contributed by atoms with van der Waals surface area (Å²) in [6.07, 6.45) is 10.0. The highest BCUT2D eigenvalue weighted by molar-refractivity contribution is 4.92. The van der Waals surface area contributed by atoms with Crippen LogP contribution in [0, 0.1) is 11.3 Å². The largest absolute Gasteiger partial charge is 0.314 e. The van der Waals surface area contributed by atoms with E-state index in [4.69, 9.17) is 0 Å². The van der Waals surface area contributed by atoms with E-state index in [9.17, 15) is 0 Å². The van der Waals surface area contributed by atoms with Gasteiger partial charge in [0.25, 0.3) is 0 Å². The fourth-order valence-electron chi connectivity index (χ4n) is 4.51. The minimum atomic E-state index is 0.606. The van der Waals surface area contributed by atoms with Gasteiger partial charge in [0.1, 0.15) is 0 Å². The Bertz CT molecular complexity index is 273. The van der Waals surface area contributed by atoms with Crippen molar-refractivity contribution in [1.82, 2.24) is 10.2 Å². The molecule has 3 fully saturated rings. The predicted molar refractivity (Wildman–Crippen MR) is 76.7 cm³/mol. The molecule has 0 radical (unpaired) electrons. The predicted octanol–water partition coefficient (Wildman–Crippen LogP) is 3.03. The molecule has 2 atom stereocenters. The zero-order valence-corrected chi connectivity index (χ0v) is 12.3. The van der Waals surface area contributed by atoms with Crippen molar-refractivity contribution in [3.05, 3.63) is 0 Å². The normalized spacial score (nSPS) is 38.3. The maximum absolute atomic E-state index is 3.71. The zero-order chi connectivity index (χ0) is 12.6. The van der Waals surface area contributed by atoms with Crippen molar-refractivity contribution in [2.24, 2.45) is 11.3 Å². The molecule has 1 N–H and O–H groups in total. The molecule has 2 unspecified atom stereocenters. The second kappa shape index (κ2) is 5.13. The molecule has 0 aromatic carbocycles. The molecule has 0 spiro atoms. The lowest BCUT2D eigenvalue weighted by molar-refractivity contribution is 0.115. The fraction of sp³-hybridized carbons (Fsp3) is 1.00. The van der Waals surface area contributed by atoms with Crippen LogP contribution >= 0.6 is 0 Å². The number of rotatable bonds is 2. The highest BCUT2D eigenvalue weighted by atomic mass is 15.2. The average molecular weight is 250 g/mol. The van der Waals surface area contributed by atoms with Crippen LogP contribution in [0.2, 0.25) is 0 Å². The van der Waals surface area contributed by atoms with Gasteiger partial charge in [0.2, 0.25) is 0 Å². The van der Waals surface area contributed by atoms with Crippen molar-refractivity contribution >= 4 is 0 Å². The summed E-state index contributed by atoms with van der Waals surface area (Å²) in [5.74, 6) is 0.971. The number of hydrogen-bond acceptors (Lipinski definition) is 2. The van der Waals surface area contributed by atoms with Crippen molar-refractivity contribution in [2.45, 2.75) is 70.9 Å². The highest BCUT2D eigenvalue weighted by Gasteiger charge is 2.36. The maximum atomic E-state index is 3.71. The van der Waals surface area contributed by atoms with E-state index in [1.807, 2.05) is 0 Å². The highest BCUT2D eigenvalue weighted by Crippen LogP contribution is 2.40. The van der Waals surface area contributed by atoms with Crippen LogP contribution < -0.4 is 5.32 Å². The first-order valence-corrected chi connectivity index (χ1v) is 8.11. The Morgan fingerprint density at radius 1 is 1.06 bits per heavy atom. The van der Waals surface area contributed by atoms with E-state index in [0.717, 1.165) is 18.0 Å². The molecule has 0 aromatic heterocycles. The third-order valence-electron chi connectivity index (χ3n) is 5.70. The Hall–Kier alpha value is -0.0800. The SMILES string of the molecule is CC1(C)CCC(N2CCC(C3CCCN3)CC2)C1. The smallest absolute Gasteiger partial charge is 0.0100 e. The summed E-state index contributed by atoms with van der Waals surface area (Å²) in [6.45, 7) is 8.89. The van der Waals surface area contributed by atoms with Crippen LogP contribution in [0.25, 0.3) is 0 Å². The molecule has 3 rings (SSSR count). The summed E-state index contributed by atoms with van der Waals surface area (Å²) in [7, 11) is 0. The second-order valence-electron chi connectivity index (χ2n) is 7.64. The van der Waals surface area contributed by atoms with Crippen molar-refractivity contribution in [2.75, 3.05) is 19.6 Å². The molecule has 2 nitrogen and oxygen atoms in total. The van der Waals surface area contributed by atoms with Gasteiger partial charge in [0.05, 0.1) is 0 Å². The van der Waals surface area contributed by atoms with Crippen LogP contribution in [-0.2, 0) is 0 Å². The van der Waals surface area contributed by atoms with Gasteiger partial charge >= 0.3 is 0 Å². The van der Waals surface area contributed by atoms with Gasteiger partial charge in [-0.25, -0.2) is 0 Å². The van der Waals surface area contributed by atoms with Gasteiger partial charge in [-0.05, 0) is 75.9 Å². The van der Waals surface area contributed by atoms with Crippen LogP contribution in [0.4, 0.5) is 0 Å². The number of hydrogen-bond donors (Lipinski definition) is 1. The lowest BCUT2D eigenvalue weighted by atomic mass is 9.87. The molecule has 2 heterocycles. The molecular formula is C16H30N2. The molecule has 2 saturated heterocycles. The average Bonchev–Trinajstić information content (AvgIpc) is 2.98. The fourth-order valence-corrected chi connectivity index (χ4v) is 4.51. The van der Waals surface area contributed by atoms with Gasteiger partial charge in [-0.15, -0.1) is 0 Å². The van der Waals surface area contributed by atoms with Gasteiger partial charge in [-0.3, -0.25) is 0 Å². The van der Waals surface area contributed by atoms with E-state index < -0.39 is 0 Å². The summed E-state index contributed by atoms with van der Waals surface area (Å²) >= 11 is 0. The van der Waals surface area contributed by atoms with Crippen LogP contribution in [0.5, 0.6) is 0 Å². The third-order valence-corrected chi connectivity index (χ3v) is 5.70. The van der Waals surface area contributed by atoms with Gasteiger partial charge in [0, 0.05) is 12.1 Å².